The number of esters is 2. The van der Waals surface area contributed by atoms with Gasteiger partial charge in [0.15, 0.2) is 6.10 Å². The minimum absolute atomic E-state index is 0.0383. The van der Waals surface area contributed by atoms with Crippen LogP contribution in [0.3, 0.4) is 0 Å². The summed E-state index contributed by atoms with van der Waals surface area (Å²) in [4.78, 5) is 34.9. The average molecular weight is 818 g/mol. The molecule has 0 fully saturated rings. The first kappa shape index (κ1) is 54.2. The summed E-state index contributed by atoms with van der Waals surface area (Å²) in [6.07, 6.45) is 53.4. The standard InChI is InChI=1S/C47H80NO8P/c1-3-5-7-9-11-13-15-17-19-21-22-24-25-27-29-31-33-35-37-39-46(49)53-43-45(44-55-57(51,52)54-42-41-48)56-47(50)40-38-36-34-32-30-28-26-23-20-18-16-14-12-10-8-6-4-2/h11-14,17-20,22,24,27,29,33,35,45H,3-10,15-16,21,23,25-26,28,30-32,34,36-44,48H2,1-2H3,(H,51,52)/t45-/m1/s1. The third-order valence-electron chi connectivity index (χ3n) is 8.77. The zero-order valence-corrected chi connectivity index (χ0v) is 36.7. The normalized spacial score (nSPS) is 14.1. The molecule has 0 saturated heterocycles. The van der Waals surface area contributed by atoms with Gasteiger partial charge in [0.05, 0.1) is 13.2 Å². The SMILES string of the molecule is CCCCCC=CCC=CCC=CCC=CCC=CCCC(=O)OC[C@H](COP(=O)(O)OCCN)OC(=O)CCCCCCCCCC=CCC=CCCCCC. The molecule has 0 aliphatic rings. The highest BCUT2D eigenvalue weighted by Crippen LogP contribution is 2.43. The highest BCUT2D eigenvalue weighted by atomic mass is 31.2. The summed E-state index contributed by atoms with van der Waals surface area (Å²) in [7, 11) is -4.40. The first-order valence-electron chi connectivity index (χ1n) is 22.1. The summed E-state index contributed by atoms with van der Waals surface area (Å²) in [5.74, 6) is -0.941. The highest BCUT2D eigenvalue weighted by Gasteiger charge is 2.25. The van der Waals surface area contributed by atoms with E-state index in [2.05, 4.69) is 86.8 Å². The van der Waals surface area contributed by atoms with Crippen molar-refractivity contribution in [2.24, 2.45) is 5.73 Å². The third kappa shape index (κ3) is 42.6. The Morgan fingerprint density at radius 3 is 1.42 bits per heavy atom. The van der Waals surface area contributed by atoms with E-state index >= 15 is 0 Å². The van der Waals surface area contributed by atoms with Crippen LogP contribution >= 0.6 is 7.82 Å². The van der Waals surface area contributed by atoms with Crippen LogP contribution < -0.4 is 5.73 Å². The molecule has 9 nitrogen and oxygen atoms in total. The van der Waals surface area contributed by atoms with Crippen LogP contribution in [0.5, 0.6) is 0 Å². The van der Waals surface area contributed by atoms with Crippen LogP contribution in [0.1, 0.15) is 168 Å². The summed E-state index contributed by atoms with van der Waals surface area (Å²) in [6, 6.07) is 0. The molecule has 0 radical (unpaired) electrons. The predicted molar refractivity (Wildman–Crippen MR) is 238 cm³/mol. The van der Waals surface area contributed by atoms with Gasteiger partial charge in [0.2, 0.25) is 0 Å². The van der Waals surface area contributed by atoms with Crippen LogP contribution in [0, 0.1) is 0 Å². The van der Waals surface area contributed by atoms with E-state index in [1.54, 1.807) is 0 Å². The quantitative estimate of drug-likeness (QED) is 0.0268. The molecule has 57 heavy (non-hydrogen) atoms. The number of unbranched alkanes of at least 4 members (excludes halogenated alkanes) is 13. The van der Waals surface area contributed by atoms with Crippen LogP contribution in [-0.4, -0.2) is 49.3 Å². The average Bonchev–Trinajstić information content (AvgIpc) is 3.20. The molecule has 0 rings (SSSR count). The van der Waals surface area contributed by atoms with E-state index in [1.807, 2.05) is 12.2 Å². The number of ether oxygens (including phenoxy) is 2. The fourth-order valence-electron chi connectivity index (χ4n) is 5.47. The Morgan fingerprint density at radius 2 is 0.947 bits per heavy atom. The van der Waals surface area contributed by atoms with Gasteiger partial charge in [0.1, 0.15) is 6.61 Å². The van der Waals surface area contributed by atoms with Gasteiger partial charge in [0.25, 0.3) is 0 Å². The molecule has 0 bridgehead atoms. The minimum atomic E-state index is -4.40. The lowest BCUT2D eigenvalue weighted by Gasteiger charge is -2.19. The number of allylic oxidation sites excluding steroid dienone is 14. The smallest absolute Gasteiger partial charge is 0.462 e. The van der Waals surface area contributed by atoms with E-state index in [0.717, 1.165) is 57.8 Å². The number of nitrogens with two attached hydrogens (primary N) is 1. The fourth-order valence-corrected chi connectivity index (χ4v) is 6.23. The molecule has 3 N–H and O–H groups in total. The van der Waals surface area contributed by atoms with Gasteiger partial charge >= 0.3 is 19.8 Å². The van der Waals surface area contributed by atoms with Crippen molar-refractivity contribution in [3.05, 3.63) is 85.1 Å². The first-order chi connectivity index (χ1) is 27.8. The van der Waals surface area contributed by atoms with Gasteiger partial charge in [-0.2, -0.15) is 0 Å². The van der Waals surface area contributed by atoms with Gasteiger partial charge in [-0.3, -0.25) is 18.6 Å². The molecule has 326 valence electrons. The van der Waals surface area contributed by atoms with Crippen molar-refractivity contribution >= 4 is 19.8 Å². The Kier molecular flexibility index (Phi) is 40.7. The molecule has 0 spiro atoms. The lowest BCUT2D eigenvalue weighted by Crippen LogP contribution is -2.29. The molecule has 0 saturated carbocycles. The van der Waals surface area contributed by atoms with Gasteiger partial charge in [0, 0.05) is 19.4 Å². The van der Waals surface area contributed by atoms with Gasteiger partial charge in [-0.1, -0.05) is 157 Å². The number of rotatable bonds is 40. The summed E-state index contributed by atoms with van der Waals surface area (Å²) >= 11 is 0. The first-order valence-corrected chi connectivity index (χ1v) is 23.6. The summed E-state index contributed by atoms with van der Waals surface area (Å²) in [6.45, 7) is 3.57. The Balaban J connectivity index is 4.30. The molecule has 0 heterocycles. The van der Waals surface area contributed by atoms with E-state index < -0.39 is 32.5 Å². The Hall–Kier alpha value is -2.81. The maximum absolute atomic E-state index is 12.6. The summed E-state index contributed by atoms with van der Waals surface area (Å²) < 4.78 is 32.7. The second-order valence-corrected chi connectivity index (χ2v) is 15.7. The van der Waals surface area contributed by atoms with Crippen LogP contribution in [0.4, 0.5) is 0 Å². The minimum Gasteiger partial charge on any atom is -0.462 e. The van der Waals surface area contributed by atoms with Crippen LogP contribution in [0.2, 0.25) is 0 Å². The lowest BCUT2D eigenvalue weighted by atomic mass is 10.1. The number of carbonyl (C=O) groups excluding carboxylic acids is 2. The second kappa shape index (κ2) is 42.8. The number of hydrogen-bond acceptors (Lipinski definition) is 8. The van der Waals surface area contributed by atoms with Crippen molar-refractivity contribution in [2.45, 2.75) is 174 Å². The zero-order chi connectivity index (χ0) is 41.8. The van der Waals surface area contributed by atoms with E-state index in [4.69, 9.17) is 24.3 Å². The molecule has 0 aliphatic carbocycles. The van der Waals surface area contributed by atoms with Gasteiger partial charge < -0.3 is 20.1 Å². The second-order valence-electron chi connectivity index (χ2n) is 14.2. The Labute approximate surface area is 347 Å². The van der Waals surface area contributed by atoms with Crippen LogP contribution in [0.25, 0.3) is 0 Å². The molecule has 0 aromatic carbocycles. The maximum atomic E-state index is 12.6. The van der Waals surface area contributed by atoms with Crippen LogP contribution in [0.15, 0.2) is 85.1 Å². The monoisotopic (exact) mass is 818 g/mol. The summed E-state index contributed by atoms with van der Waals surface area (Å²) in [5, 5.41) is 0. The van der Waals surface area contributed by atoms with Crippen molar-refractivity contribution in [1.29, 1.82) is 0 Å². The van der Waals surface area contributed by atoms with E-state index in [9.17, 15) is 19.0 Å². The number of phosphoric ester groups is 1. The molecular weight excluding hydrogens is 737 g/mol. The largest absolute Gasteiger partial charge is 0.472 e. The molecule has 0 amide bonds. The van der Waals surface area contributed by atoms with Gasteiger partial charge in [-0.15, -0.1) is 0 Å². The Morgan fingerprint density at radius 1 is 0.526 bits per heavy atom. The van der Waals surface area contributed by atoms with Crippen molar-refractivity contribution < 1.29 is 37.6 Å². The van der Waals surface area contributed by atoms with E-state index in [-0.39, 0.29) is 32.6 Å². The lowest BCUT2D eigenvalue weighted by molar-refractivity contribution is -0.161. The summed E-state index contributed by atoms with van der Waals surface area (Å²) in [5.41, 5.74) is 5.34. The number of phosphoric acid groups is 1. The van der Waals surface area contributed by atoms with E-state index in [1.165, 1.54) is 70.6 Å². The predicted octanol–water partition coefficient (Wildman–Crippen LogP) is 12.8. The third-order valence-corrected chi connectivity index (χ3v) is 9.75. The van der Waals surface area contributed by atoms with Crippen molar-refractivity contribution in [1.82, 2.24) is 0 Å². The van der Waals surface area contributed by atoms with Crippen molar-refractivity contribution in [3.63, 3.8) is 0 Å². The molecule has 0 aromatic heterocycles. The van der Waals surface area contributed by atoms with Crippen molar-refractivity contribution in [3.8, 4) is 0 Å². The zero-order valence-electron chi connectivity index (χ0n) is 35.8. The van der Waals surface area contributed by atoms with Gasteiger partial charge in [-0.05, 0) is 83.5 Å². The number of carbonyl (C=O) groups is 2. The molecule has 0 aliphatic heterocycles. The van der Waals surface area contributed by atoms with E-state index in [0.29, 0.717) is 12.8 Å². The van der Waals surface area contributed by atoms with Gasteiger partial charge in [-0.25, -0.2) is 4.57 Å². The highest BCUT2D eigenvalue weighted by molar-refractivity contribution is 7.47. The molecular formula is C47H80NO8P. The maximum Gasteiger partial charge on any atom is 0.472 e. The Bertz CT molecular complexity index is 1210. The fraction of sp³-hybridized carbons (Fsp3) is 0.660. The molecule has 2 atom stereocenters. The van der Waals surface area contributed by atoms with Crippen LogP contribution in [-0.2, 0) is 32.7 Å². The number of hydrogen-bond donors (Lipinski definition) is 2. The molecule has 10 heteroatoms. The molecule has 0 aromatic rings. The molecule has 1 unspecified atom stereocenters. The van der Waals surface area contributed by atoms with Crippen molar-refractivity contribution in [2.75, 3.05) is 26.4 Å². The topological polar surface area (TPSA) is 134 Å².